The first-order chi connectivity index (χ1) is 9.69. The van der Waals surface area contributed by atoms with E-state index in [-0.39, 0.29) is 0 Å². The van der Waals surface area contributed by atoms with E-state index in [2.05, 4.69) is 66.3 Å². The zero-order valence-corrected chi connectivity index (χ0v) is 12.2. The molecule has 2 heteroatoms. The van der Waals surface area contributed by atoms with Gasteiger partial charge in [0.15, 0.2) is 0 Å². The van der Waals surface area contributed by atoms with Crippen LogP contribution in [0, 0.1) is 0 Å². The maximum atomic E-state index is 4.46. The third kappa shape index (κ3) is 3.89. The summed E-state index contributed by atoms with van der Waals surface area (Å²) in [5.74, 6) is 0. The molecule has 0 aliphatic rings. The van der Waals surface area contributed by atoms with Gasteiger partial charge < -0.3 is 0 Å². The van der Waals surface area contributed by atoms with Crippen LogP contribution in [-0.2, 0) is 0 Å². The molecule has 0 unspecified atom stereocenters. The highest BCUT2D eigenvalue weighted by atomic mass is 14.7. The monoisotopic (exact) mass is 264 g/mol. The topological polar surface area (TPSA) is 24.7 Å². The molecule has 0 saturated heterocycles. The molecule has 0 bridgehead atoms. The smallest absolute Gasteiger partial charge is 0.0443 e. The third-order valence-electron chi connectivity index (χ3n) is 2.88. The second-order valence-corrected chi connectivity index (χ2v) is 5.01. The molecule has 2 rings (SSSR count). The SMILES string of the molecule is CN=Cc1cc(C=NC(C)C)cc(-c2ccccc2)c1. The molecule has 0 atom stereocenters. The molecular formula is C18H20N2. The summed E-state index contributed by atoms with van der Waals surface area (Å²) in [5.41, 5.74) is 4.60. The minimum Gasteiger partial charge on any atom is -0.296 e. The van der Waals surface area contributed by atoms with Gasteiger partial charge in [0.2, 0.25) is 0 Å². The highest BCUT2D eigenvalue weighted by Crippen LogP contribution is 2.21. The molecule has 0 spiro atoms. The lowest BCUT2D eigenvalue weighted by molar-refractivity contribution is 0.841. The lowest BCUT2D eigenvalue weighted by atomic mass is 10.0. The van der Waals surface area contributed by atoms with Crippen molar-refractivity contribution in [3.8, 4) is 11.1 Å². The van der Waals surface area contributed by atoms with Gasteiger partial charge in [0.05, 0.1) is 0 Å². The standard InChI is InChI=1S/C18H20N2/c1-14(2)20-13-16-9-15(12-19-3)10-18(11-16)17-7-5-4-6-8-17/h4-14H,1-3H3. The first kappa shape index (κ1) is 14.2. The van der Waals surface area contributed by atoms with E-state index < -0.39 is 0 Å². The van der Waals surface area contributed by atoms with Gasteiger partial charge in [0, 0.05) is 25.5 Å². The first-order valence-corrected chi connectivity index (χ1v) is 6.85. The summed E-state index contributed by atoms with van der Waals surface area (Å²) >= 11 is 0. The molecule has 0 radical (unpaired) electrons. The summed E-state index contributed by atoms with van der Waals surface area (Å²) in [7, 11) is 1.79. The van der Waals surface area contributed by atoms with E-state index in [1.54, 1.807) is 7.05 Å². The van der Waals surface area contributed by atoms with Gasteiger partial charge in [0.1, 0.15) is 0 Å². The normalized spacial score (nSPS) is 11.8. The number of hydrogen-bond acceptors (Lipinski definition) is 2. The van der Waals surface area contributed by atoms with Crippen molar-refractivity contribution in [2.45, 2.75) is 19.9 Å². The summed E-state index contributed by atoms with van der Waals surface area (Å²) in [6.07, 6.45) is 3.81. The molecule has 20 heavy (non-hydrogen) atoms. The van der Waals surface area contributed by atoms with Crippen molar-refractivity contribution in [1.82, 2.24) is 0 Å². The zero-order valence-electron chi connectivity index (χ0n) is 12.2. The van der Waals surface area contributed by atoms with E-state index in [4.69, 9.17) is 0 Å². The average molecular weight is 264 g/mol. The molecule has 102 valence electrons. The largest absolute Gasteiger partial charge is 0.296 e. The van der Waals surface area contributed by atoms with Crippen molar-refractivity contribution >= 4 is 12.4 Å². The van der Waals surface area contributed by atoms with Crippen molar-refractivity contribution in [2.24, 2.45) is 9.98 Å². The summed E-state index contributed by atoms with van der Waals surface area (Å²) in [4.78, 5) is 8.57. The fourth-order valence-corrected chi connectivity index (χ4v) is 2.01. The molecule has 2 nitrogen and oxygen atoms in total. The van der Waals surface area contributed by atoms with Gasteiger partial charge >= 0.3 is 0 Å². The van der Waals surface area contributed by atoms with Gasteiger partial charge in [-0.2, -0.15) is 0 Å². The first-order valence-electron chi connectivity index (χ1n) is 6.85. The molecule has 0 fully saturated rings. The quantitative estimate of drug-likeness (QED) is 0.738. The van der Waals surface area contributed by atoms with Crippen LogP contribution in [0.25, 0.3) is 11.1 Å². The fourth-order valence-electron chi connectivity index (χ4n) is 2.01. The summed E-state index contributed by atoms with van der Waals surface area (Å²) in [6, 6.07) is 17.1. The van der Waals surface area contributed by atoms with Crippen molar-refractivity contribution in [3.05, 3.63) is 59.7 Å². The van der Waals surface area contributed by atoms with E-state index in [1.807, 2.05) is 18.5 Å². The highest BCUT2D eigenvalue weighted by Gasteiger charge is 2.01. The van der Waals surface area contributed by atoms with E-state index >= 15 is 0 Å². The molecule has 0 amide bonds. The number of hydrogen-bond donors (Lipinski definition) is 0. The molecule has 0 saturated carbocycles. The Balaban J connectivity index is 2.46. The number of nitrogens with zero attached hydrogens (tertiary/aromatic N) is 2. The average Bonchev–Trinajstić information content (AvgIpc) is 2.46. The summed E-state index contributed by atoms with van der Waals surface area (Å²) in [5, 5.41) is 0. The summed E-state index contributed by atoms with van der Waals surface area (Å²) in [6.45, 7) is 4.15. The minimum atomic E-state index is 0.304. The Bertz CT molecular complexity index is 611. The molecule has 0 aromatic heterocycles. The third-order valence-corrected chi connectivity index (χ3v) is 2.88. The van der Waals surface area contributed by atoms with Crippen LogP contribution in [0.3, 0.4) is 0 Å². The predicted octanol–water partition coefficient (Wildman–Crippen LogP) is 4.23. The molecule has 2 aromatic carbocycles. The van der Waals surface area contributed by atoms with E-state index in [9.17, 15) is 0 Å². The van der Waals surface area contributed by atoms with Crippen LogP contribution in [0.5, 0.6) is 0 Å². The number of rotatable bonds is 4. The predicted molar refractivity (Wildman–Crippen MR) is 88.1 cm³/mol. The Morgan fingerprint density at radius 1 is 0.850 bits per heavy atom. The van der Waals surface area contributed by atoms with Crippen LogP contribution in [-0.4, -0.2) is 25.5 Å². The number of benzene rings is 2. The van der Waals surface area contributed by atoms with Gasteiger partial charge in [-0.3, -0.25) is 9.98 Å². The lowest BCUT2D eigenvalue weighted by Crippen LogP contribution is -1.93. The van der Waals surface area contributed by atoms with Gasteiger partial charge in [-0.25, -0.2) is 0 Å². The van der Waals surface area contributed by atoms with Crippen LogP contribution < -0.4 is 0 Å². The molecule has 2 aromatic rings. The van der Waals surface area contributed by atoms with Crippen LogP contribution >= 0.6 is 0 Å². The maximum absolute atomic E-state index is 4.46. The molecule has 0 aliphatic heterocycles. The Kier molecular flexibility index (Phi) is 4.83. The van der Waals surface area contributed by atoms with Gasteiger partial charge in [-0.1, -0.05) is 30.3 Å². The fraction of sp³-hybridized carbons (Fsp3) is 0.222. The Hall–Kier alpha value is -2.22. The zero-order chi connectivity index (χ0) is 14.4. The van der Waals surface area contributed by atoms with Crippen LogP contribution in [0.4, 0.5) is 0 Å². The number of aliphatic imine (C=N–C) groups is 2. The maximum Gasteiger partial charge on any atom is 0.0443 e. The molecule has 0 aliphatic carbocycles. The lowest BCUT2D eigenvalue weighted by Gasteiger charge is -2.06. The Labute approximate surface area is 120 Å². The van der Waals surface area contributed by atoms with Crippen molar-refractivity contribution < 1.29 is 0 Å². The van der Waals surface area contributed by atoms with Crippen LogP contribution in [0.2, 0.25) is 0 Å². The highest BCUT2D eigenvalue weighted by molar-refractivity contribution is 5.89. The van der Waals surface area contributed by atoms with Crippen molar-refractivity contribution in [3.63, 3.8) is 0 Å². The van der Waals surface area contributed by atoms with Gasteiger partial charge in [-0.05, 0) is 54.3 Å². The van der Waals surface area contributed by atoms with Crippen molar-refractivity contribution in [1.29, 1.82) is 0 Å². The van der Waals surface area contributed by atoms with Crippen LogP contribution in [0.15, 0.2) is 58.5 Å². The van der Waals surface area contributed by atoms with E-state index in [1.165, 1.54) is 11.1 Å². The van der Waals surface area contributed by atoms with Crippen LogP contribution in [0.1, 0.15) is 25.0 Å². The molecular weight excluding hydrogens is 244 g/mol. The Morgan fingerprint density at radius 2 is 1.50 bits per heavy atom. The molecule has 0 N–H and O–H groups in total. The van der Waals surface area contributed by atoms with Gasteiger partial charge in [-0.15, -0.1) is 0 Å². The van der Waals surface area contributed by atoms with E-state index in [0.717, 1.165) is 11.1 Å². The van der Waals surface area contributed by atoms with E-state index in [0.29, 0.717) is 6.04 Å². The summed E-state index contributed by atoms with van der Waals surface area (Å²) < 4.78 is 0. The molecule has 0 heterocycles. The van der Waals surface area contributed by atoms with Crippen molar-refractivity contribution in [2.75, 3.05) is 7.05 Å². The second kappa shape index (κ2) is 6.80. The minimum absolute atomic E-state index is 0.304. The second-order valence-electron chi connectivity index (χ2n) is 5.01. The van der Waals surface area contributed by atoms with Gasteiger partial charge in [0.25, 0.3) is 0 Å². The Morgan fingerprint density at radius 3 is 2.10 bits per heavy atom.